The van der Waals surface area contributed by atoms with Crippen molar-refractivity contribution in [2.75, 3.05) is 6.54 Å². The maximum Gasteiger partial charge on any atom is 0.220 e. The third kappa shape index (κ3) is 4.04. The summed E-state index contributed by atoms with van der Waals surface area (Å²) in [6.07, 6.45) is 3.49. The molecule has 6 nitrogen and oxygen atoms in total. The molecular formula is C22H25N5O. The summed E-state index contributed by atoms with van der Waals surface area (Å²) < 4.78 is 1.68. The van der Waals surface area contributed by atoms with Crippen molar-refractivity contribution in [3.8, 4) is 6.07 Å². The molecule has 1 N–H and O–H groups in total. The first-order valence-corrected chi connectivity index (χ1v) is 9.60. The van der Waals surface area contributed by atoms with Gasteiger partial charge in [-0.05, 0) is 37.8 Å². The lowest BCUT2D eigenvalue weighted by atomic mass is 9.96. The average molecular weight is 375 g/mol. The summed E-state index contributed by atoms with van der Waals surface area (Å²) >= 11 is 0. The standard InChI is InChI=1S/C22H25N5O/c1-4-17(18-8-6-5-7-9-18)13-24-21(28)11-10-20-15(2)26-22-19(12-23)14-25-27(22)16(20)3/h5-9,14,17H,4,10-11,13H2,1-3H3,(H,24,28). The Kier molecular flexibility index (Phi) is 6.05. The van der Waals surface area contributed by atoms with Gasteiger partial charge >= 0.3 is 0 Å². The quantitative estimate of drug-likeness (QED) is 0.685. The van der Waals surface area contributed by atoms with Gasteiger partial charge in [0, 0.05) is 30.3 Å². The predicted molar refractivity (Wildman–Crippen MR) is 108 cm³/mol. The van der Waals surface area contributed by atoms with Gasteiger partial charge in [0.15, 0.2) is 5.65 Å². The van der Waals surface area contributed by atoms with E-state index in [0.29, 0.717) is 36.5 Å². The largest absolute Gasteiger partial charge is 0.355 e. The minimum absolute atomic E-state index is 0.0338. The first kappa shape index (κ1) is 19.6. The second kappa shape index (κ2) is 8.66. The Balaban J connectivity index is 1.64. The van der Waals surface area contributed by atoms with Gasteiger partial charge in [0.05, 0.1) is 6.20 Å². The second-order valence-corrected chi connectivity index (χ2v) is 6.99. The van der Waals surface area contributed by atoms with Crippen LogP contribution in [0.2, 0.25) is 0 Å². The molecule has 3 aromatic rings. The third-order valence-electron chi connectivity index (χ3n) is 5.24. The third-order valence-corrected chi connectivity index (χ3v) is 5.24. The van der Waals surface area contributed by atoms with Crippen LogP contribution in [-0.2, 0) is 11.2 Å². The van der Waals surface area contributed by atoms with Crippen LogP contribution in [0.5, 0.6) is 0 Å². The summed E-state index contributed by atoms with van der Waals surface area (Å²) in [4.78, 5) is 16.9. The molecule has 0 saturated carbocycles. The minimum atomic E-state index is 0.0338. The van der Waals surface area contributed by atoms with E-state index in [1.54, 1.807) is 4.52 Å². The van der Waals surface area contributed by atoms with Crippen molar-refractivity contribution < 1.29 is 4.79 Å². The lowest BCUT2D eigenvalue weighted by molar-refractivity contribution is -0.121. The summed E-state index contributed by atoms with van der Waals surface area (Å²) in [5, 5.41) is 16.5. The van der Waals surface area contributed by atoms with E-state index in [1.807, 2.05) is 32.0 Å². The molecule has 1 aromatic carbocycles. The lowest BCUT2D eigenvalue weighted by Crippen LogP contribution is -2.28. The number of carbonyl (C=O) groups is 1. The summed E-state index contributed by atoms with van der Waals surface area (Å²) in [6.45, 7) is 6.64. The first-order chi connectivity index (χ1) is 13.5. The Labute approximate surface area is 165 Å². The Morgan fingerprint density at radius 2 is 2.04 bits per heavy atom. The number of rotatable bonds is 7. The Morgan fingerprint density at radius 3 is 2.71 bits per heavy atom. The summed E-state index contributed by atoms with van der Waals surface area (Å²) in [6, 6.07) is 12.4. The molecule has 2 heterocycles. The van der Waals surface area contributed by atoms with Gasteiger partial charge in [0.25, 0.3) is 0 Å². The van der Waals surface area contributed by atoms with Crippen LogP contribution in [0.3, 0.4) is 0 Å². The van der Waals surface area contributed by atoms with Crippen molar-refractivity contribution in [1.29, 1.82) is 5.26 Å². The predicted octanol–water partition coefficient (Wildman–Crippen LogP) is 3.46. The van der Waals surface area contributed by atoms with Gasteiger partial charge in [-0.1, -0.05) is 37.3 Å². The molecule has 1 unspecified atom stereocenters. The van der Waals surface area contributed by atoms with Gasteiger partial charge < -0.3 is 5.32 Å². The van der Waals surface area contributed by atoms with E-state index in [-0.39, 0.29) is 5.91 Å². The number of hydrogen-bond donors (Lipinski definition) is 1. The fraction of sp³-hybridized carbons (Fsp3) is 0.364. The topological polar surface area (TPSA) is 83.1 Å². The number of aromatic nitrogens is 3. The van der Waals surface area contributed by atoms with Crippen molar-refractivity contribution in [3.05, 3.63) is 64.6 Å². The van der Waals surface area contributed by atoms with Crippen LogP contribution in [0, 0.1) is 25.2 Å². The van der Waals surface area contributed by atoms with Gasteiger partial charge in [0.2, 0.25) is 5.91 Å². The molecule has 0 aliphatic carbocycles. The van der Waals surface area contributed by atoms with Crippen LogP contribution in [-0.4, -0.2) is 27.0 Å². The number of fused-ring (bicyclic) bond motifs is 1. The summed E-state index contributed by atoms with van der Waals surface area (Å²) in [7, 11) is 0. The molecule has 0 fully saturated rings. The summed E-state index contributed by atoms with van der Waals surface area (Å²) in [5.74, 6) is 0.353. The molecule has 0 saturated heterocycles. The van der Waals surface area contributed by atoms with Crippen LogP contribution >= 0.6 is 0 Å². The van der Waals surface area contributed by atoms with Crippen molar-refractivity contribution >= 4 is 11.6 Å². The van der Waals surface area contributed by atoms with E-state index < -0.39 is 0 Å². The lowest BCUT2D eigenvalue weighted by Gasteiger charge is -2.16. The Morgan fingerprint density at radius 1 is 1.29 bits per heavy atom. The van der Waals surface area contributed by atoms with Gasteiger partial charge in [0.1, 0.15) is 11.6 Å². The smallest absolute Gasteiger partial charge is 0.220 e. The SMILES string of the molecule is CCC(CNC(=O)CCc1c(C)nc2c(C#N)cnn2c1C)c1ccccc1. The fourth-order valence-electron chi connectivity index (χ4n) is 3.54. The van der Waals surface area contributed by atoms with Gasteiger partial charge in [-0.15, -0.1) is 0 Å². The van der Waals surface area contributed by atoms with Crippen LogP contribution < -0.4 is 5.32 Å². The second-order valence-electron chi connectivity index (χ2n) is 6.99. The number of aryl methyl sites for hydroxylation is 2. The number of nitriles is 1. The molecule has 1 amide bonds. The Hall–Kier alpha value is -3.20. The van der Waals surface area contributed by atoms with Gasteiger partial charge in [-0.3, -0.25) is 4.79 Å². The van der Waals surface area contributed by atoms with Gasteiger partial charge in [-0.25, -0.2) is 9.50 Å². The molecule has 1 atom stereocenters. The number of nitrogens with zero attached hydrogens (tertiary/aromatic N) is 4. The van der Waals surface area contributed by atoms with Crippen LogP contribution in [0.15, 0.2) is 36.5 Å². The summed E-state index contributed by atoms with van der Waals surface area (Å²) in [5.41, 5.74) is 5.04. The van der Waals surface area contributed by atoms with Crippen LogP contribution in [0.1, 0.15) is 53.8 Å². The van der Waals surface area contributed by atoms with E-state index in [4.69, 9.17) is 5.26 Å². The maximum atomic E-state index is 12.4. The molecular weight excluding hydrogens is 350 g/mol. The van der Waals surface area contributed by atoms with E-state index in [9.17, 15) is 4.79 Å². The molecule has 0 spiro atoms. The highest BCUT2D eigenvalue weighted by molar-refractivity contribution is 5.76. The molecule has 0 aliphatic heterocycles. The molecule has 144 valence electrons. The molecule has 0 aliphatic rings. The zero-order valence-electron chi connectivity index (χ0n) is 16.6. The zero-order valence-corrected chi connectivity index (χ0v) is 16.6. The maximum absolute atomic E-state index is 12.4. The molecule has 0 bridgehead atoms. The molecule has 0 radical (unpaired) electrons. The van der Waals surface area contributed by atoms with Gasteiger partial charge in [-0.2, -0.15) is 10.4 Å². The highest BCUT2D eigenvalue weighted by Gasteiger charge is 2.15. The number of hydrogen-bond acceptors (Lipinski definition) is 4. The van der Waals surface area contributed by atoms with Crippen LogP contribution in [0.25, 0.3) is 5.65 Å². The average Bonchev–Trinajstić information content (AvgIpc) is 3.12. The Bertz CT molecular complexity index is 1020. The first-order valence-electron chi connectivity index (χ1n) is 9.60. The van der Waals surface area contributed by atoms with E-state index in [1.165, 1.54) is 11.8 Å². The minimum Gasteiger partial charge on any atom is -0.355 e. The zero-order chi connectivity index (χ0) is 20.1. The van der Waals surface area contributed by atoms with Crippen molar-refractivity contribution in [2.45, 2.75) is 46.0 Å². The number of carbonyl (C=O) groups excluding carboxylic acids is 1. The van der Waals surface area contributed by atoms with E-state index in [2.05, 4.69) is 40.5 Å². The normalized spacial score (nSPS) is 11.9. The highest BCUT2D eigenvalue weighted by atomic mass is 16.1. The van der Waals surface area contributed by atoms with Crippen LogP contribution in [0.4, 0.5) is 0 Å². The van der Waals surface area contributed by atoms with E-state index in [0.717, 1.165) is 23.4 Å². The molecule has 2 aromatic heterocycles. The fourth-order valence-corrected chi connectivity index (χ4v) is 3.54. The molecule has 3 rings (SSSR count). The van der Waals surface area contributed by atoms with Crippen molar-refractivity contribution in [2.24, 2.45) is 0 Å². The van der Waals surface area contributed by atoms with Crippen molar-refractivity contribution in [1.82, 2.24) is 19.9 Å². The number of amides is 1. The molecule has 28 heavy (non-hydrogen) atoms. The number of benzene rings is 1. The number of nitrogens with one attached hydrogen (secondary N) is 1. The monoisotopic (exact) mass is 375 g/mol. The highest BCUT2D eigenvalue weighted by Crippen LogP contribution is 2.19. The van der Waals surface area contributed by atoms with Crippen molar-refractivity contribution in [3.63, 3.8) is 0 Å². The molecule has 6 heteroatoms. The van der Waals surface area contributed by atoms with E-state index >= 15 is 0 Å².